The number of benzene rings is 1. The van der Waals surface area contributed by atoms with Gasteiger partial charge in [-0.05, 0) is 31.4 Å². The minimum atomic E-state index is -0.605. The van der Waals surface area contributed by atoms with Gasteiger partial charge in [-0.15, -0.1) is 0 Å². The second-order valence-electron chi connectivity index (χ2n) is 4.56. The molecule has 0 saturated heterocycles. The van der Waals surface area contributed by atoms with Gasteiger partial charge in [-0.3, -0.25) is 0 Å². The molecule has 0 aromatic heterocycles. The summed E-state index contributed by atoms with van der Waals surface area (Å²) >= 11 is 0. The van der Waals surface area contributed by atoms with Crippen LogP contribution in [0.4, 0.5) is 0 Å². The molecule has 0 heterocycles. The van der Waals surface area contributed by atoms with E-state index in [-0.39, 0.29) is 0 Å². The molecule has 0 fully saturated rings. The van der Waals surface area contributed by atoms with Crippen molar-refractivity contribution in [2.24, 2.45) is 0 Å². The van der Waals surface area contributed by atoms with Gasteiger partial charge in [0, 0.05) is 6.42 Å². The van der Waals surface area contributed by atoms with Crippen LogP contribution in [0.3, 0.4) is 0 Å². The second-order valence-corrected chi connectivity index (χ2v) is 4.56. The lowest BCUT2D eigenvalue weighted by Crippen LogP contribution is -2.21. The first-order valence-electron chi connectivity index (χ1n) is 5.31. The van der Waals surface area contributed by atoms with Gasteiger partial charge in [0.2, 0.25) is 0 Å². The van der Waals surface area contributed by atoms with Gasteiger partial charge in [-0.25, -0.2) is 0 Å². The van der Waals surface area contributed by atoms with Crippen LogP contribution < -0.4 is 0 Å². The van der Waals surface area contributed by atoms with Gasteiger partial charge < -0.3 is 5.11 Å². The van der Waals surface area contributed by atoms with E-state index in [2.05, 4.69) is 31.2 Å². The lowest BCUT2D eigenvalue weighted by atomic mass is 9.97. The van der Waals surface area contributed by atoms with Crippen LogP contribution in [-0.2, 0) is 12.8 Å². The summed E-state index contributed by atoms with van der Waals surface area (Å²) in [5, 5.41) is 9.64. The van der Waals surface area contributed by atoms with Crippen molar-refractivity contribution in [3.8, 4) is 0 Å². The maximum absolute atomic E-state index is 9.64. The minimum absolute atomic E-state index is 0.605. The van der Waals surface area contributed by atoms with Gasteiger partial charge >= 0.3 is 0 Å². The molecule has 0 radical (unpaired) electrons. The van der Waals surface area contributed by atoms with Crippen molar-refractivity contribution in [1.29, 1.82) is 0 Å². The van der Waals surface area contributed by atoms with Crippen molar-refractivity contribution in [1.82, 2.24) is 0 Å². The standard InChI is InChI=1S/C13H20O/c1-4-5-11-6-8-12(9-7-11)10-13(2,3)14/h6-9,14H,4-5,10H2,1-3H3. The Labute approximate surface area is 86.8 Å². The summed E-state index contributed by atoms with van der Waals surface area (Å²) in [6, 6.07) is 8.54. The van der Waals surface area contributed by atoms with Crippen LogP contribution in [0.15, 0.2) is 24.3 Å². The Bertz CT molecular complexity index is 266. The Morgan fingerprint density at radius 1 is 1.07 bits per heavy atom. The first kappa shape index (κ1) is 11.3. The molecule has 0 aliphatic heterocycles. The van der Waals surface area contributed by atoms with Crippen molar-refractivity contribution in [3.05, 3.63) is 35.4 Å². The first-order chi connectivity index (χ1) is 6.51. The average molecular weight is 192 g/mol. The average Bonchev–Trinajstić information content (AvgIpc) is 2.06. The van der Waals surface area contributed by atoms with Crippen LogP contribution in [-0.4, -0.2) is 10.7 Å². The maximum Gasteiger partial charge on any atom is 0.0631 e. The van der Waals surface area contributed by atoms with Crippen LogP contribution in [0.2, 0.25) is 0 Å². The number of rotatable bonds is 4. The van der Waals surface area contributed by atoms with E-state index in [0.29, 0.717) is 0 Å². The van der Waals surface area contributed by atoms with Crippen molar-refractivity contribution in [3.63, 3.8) is 0 Å². The van der Waals surface area contributed by atoms with Crippen LogP contribution in [0.1, 0.15) is 38.3 Å². The van der Waals surface area contributed by atoms with Gasteiger partial charge in [0.25, 0.3) is 0 Å². The summed E-state index contributed by atoms with van der Waals surface area (Å²) in [6.07, 6.45) is 3.05. The fourth-order valence-electron chi connectivity index (χ4n) is 1.61. The Hall–Kier alpha value is -0.820. The molecule has 14 heavy (non-hydrogen) atoms. The van der Waals surface area contributed by atoms with Gasteiger partial charge in [0.15, 0.2) is 0 Å². The summed E-state index contributed by atoms with van der Waals surface area (Å²) in [5.74, 6) is 0. The summed E-state index contributed by atoms with van der Waals surface area (Å²) in [5.41, 5.74) is 1.98. The van der Waals surface area contributed by atoms with Crippen molar-refractivity contribution >= 4 is 0 Å². The fraction of sp³-hybridized carbons (Fsp3) is 0.538. The lowest BCUT2D eigenvalue weighted by molar-refractivity contribution is 0.0810. The predicted octanol–water partition coefficient (Wildman–Crippen LogP) is 2.95. The highest BCUT2D eigenvalue weighted by Gasteiger charge is 2.12. The Morgan fingerprint density at radius 2 is 1.57 bits per heavy atom. The monoisotopic (exact) mass is 192 g/mol. The molecule has 78 valence electrons. The zero-order valence-electron chi connectivity index (χ0n) is 9.38. The molecular weight excluding hydrogens is 172 g/mol. The van der Waals surface area contributed by atoms with E-state index in [9.17, 15) is 5.11 Å². The summed E-state index contributed by atoms with van der Waals surface area (Å²) in [7, 11) is 0. The smallest absolute Gasteiger partial charge is 0.0631 e. The van der Waals surface area contributed by atoms with E-state index in [1.165, 1.54) is 17.5 Å². The SMILES string of the molecule is CCCc1ccc(CC(C)(C)O)cc1. The molecule has 0 aliphatic rings. The van der Waals surface area contributed by atoms with Crippen LogP contribution >= 0.6 is 0 Å². The van der Waals surface area contributed by atoms with Crippen LogP contribution in [0, 0.1) is 0 Å². The number of hydrogen-bond acceptors (Lipinski definition) is 1. The van der Waals surface area contributed by atoms with Crippen LogP contribution in [0.5, 0.6) is 0 Å². The third-order valence-corrected chi connectivity index (χ3v) is 2.20. The molecule has 0 atom stereocenters. The maximum atomic E-state index is 9.64. The Balaban J connectivity index is 2.64. The molecule has 0 saturated carbocycles. The number of aryl methyl sites for hydroxylation is 1. The van der Waals surface area contributed by atoms with E-state index in [0.717, 1.165) is 12.8 Å². The third-order valence-electron chi connectivity index (χ3n) is 2.20. The molecule has 1 heteroatoms. The Morgan fingerprint density at radius 3 is 2.00 bits per heavy atom. The normalized spacial score (nSPS) is 11.7. The molecule has 1 nitrogen and oxygen atoms in total. The molecule has 0 unspecified atom stereocenters. The quantitative estimate of drug-likeness (QED) is 0.777. The van der Waals surface area contributed by atoms with Crippen LogP contribution in [0.25, 0.3) is 0 Å². The highest BCUT2D eigenvalue weighted by atomic mass is 16.3. The van der Waals surface area contributed by atoms with E-state index >= 15 is 0 Å². The number of hydrogen-bond donors (Lipinski definition) is 1. The fourth-order valence-corrected chi connectivity index (χ4v) is 1.61. The van der Waals surface area contributed by atoms with Gasteiger partial charge in [-0.2, -0.15) is 0 Å². The molecular formula is C13H20O. The van der Waals surface area contributed by atoms with E-state index in [1.807, 2.05) is 13.8 Å². The molecule has 0 bridgehead atoms. The van der Waals surface area contributed by atoms with E-state index in [4.69, 9.17) is 0 Å². The highest BCUT2D eigenvalue weighted by molar-refractivity contribution is 5.23. The summed E-state index contributed by atoms with van der Waals surface area (Å²) in [6.45, 7) is 5.87. The predicted molar refractivity (Wildman–Crippen MR) is 60.4 cm³/mol. The zero-order valence-corrected chi connectivity index (χ0v) is 9.38. The van der Waals surface area contributed by atoms with Gasteiger partial charge in [0.05, 0.1) is 5.60 Å². The largest absolute Gasteiger partial charge is 0.390 e. The van der Waals surface area contributed by atoms with E-state index < -0.39 is 5.60 Å². The second kappa shape index (κ2) is 4.61. The molecule has 1 rings (SSSR count). The Kier molecular flexibility index (Phi) is 3.70. The molecule has 1 aromatic rings. The summed E-state index contributed by atoms with van der Waals surface area (Å²) < 4.78 is 0. The molecule has 0 amide bonds. The highest BCUT2D eigenvalue weighted by Crippen LogP contribution is 2.13. The van der Waals surface area contributed by atoms with Crippen molar-refractivity contribution in [2.45, 2.75) is 45.6 Å². The zero-order chi connectivity index (χ0) is 10.6. The topological polar surface area (TPSA) is 20.2 Å². The molecule has 1 N–H and O–H groups in total. The number of aliphatic hydroxyl groups is 1. The molecule has 0 aliphatic carbocycles. The minimum Gasteiger partial charge on any atom is -0.390 e. The van der Waals surface area contributed by atoms with Crippen molar-refractivity contribution < 1.29 is 5.11 Å². The molecule has 1 aromatic carbocycles. The molecule has 0 spiro atoms. The third kappa shape index (κ3) is 3.93. The van der Waals surface area contributed by atoms with Crippen molar-refractivity contribution in [2.75, 3.05) is 0 Å². The summed E-state index contributed by atoms with van der Waals surface area (Å²) in [4.78, 5) is 0. The first-order valence-corrected chi connectivity index (χ1v) is 5.31. The lowest BCUT2D eigenvalue weighted by Gasteiger charge is -2.16. The van der Waals surface area contributed by atoms with E-state index in [1.54, 1.807) is 0 Å². The van der Waals surface area contributed by atoms with Gasteiger partial charge in [0.1, 0.15) is 0 Å². The van der Waals surface area contributed by atoms with Gasteiger partial charge in [-0.1, -0.05) is 37.6 Å².